The van der Waals surface area contributed by atoms with Crippen molar-refractivity contribution >= 4 is 0 Å². The van der Waals surface area contributed by atoms with Crippen LogP contribution in [0, 0.1) is 11.8 Å². The van der Waals surface area contributed by atoms with Gasteiger partial charge in [-0.1, -0.05) is 24.5 Å². The quantitative estimate of drug-likeness (QED) is 0.511. The fourth-order valence-corrected chi connectivity index (χ4v) is 1.95. The molecule has 10 heavy (non-hydrogen) atoms. The van der Waals surface area contributed by atoms with Gasteiger partial charge in [-0.25, -0.2) is 0 Å². The van der Waals surface area contributed by atoms with Gasteiger partial charge in [-0.15, -0.1) is 0 Å². The van der Waals surface area contributed by atoms with Crippen molar-refractivity contribution in [3.8, 4) is 0 Å². The summed E-state index contributed by atoms with van der Waals surface area (Å²) in [5.41, 5.74) is 3.54. The largest absolute Gasteiger partial charge is 0.0707 e. The first kappa shape index (κ1) is 6.45. The van der Waals surface area contributed by atoms with Crippen molar-refractivity contribution in [3.63, 3.8) is 0 Å². The van der Waals surface area contributed by atoms with Crippen LogP contribution in [0.25, 0.3) is 0 Å². The fraction of sp³-hybridized carbons (Fsp3) is 0.800. The molecular weight excluding hydrogens is 120 g/mol. The Balaban J connectivity index is 1.96. The second kappa shape index (κ2) is 2.11. The summed E-state index contributed by atoms with van der Waals surface area (Å²) in [5.74, 6) is 2.08. The maximum absolute atomic E-state index is 2.35. The van der Waals surface area contributed by atoms with Crippen LogP contribution in [0.15, 0.2) is 11.1 Å². The Bertz CT molecular complexity index is 170. The highest BCUT2D eigenvalue weighted by atomic mass is 14.4. The summed E-state index contributed by atoms with van der Waals surface area (Å²) in [6.45, 7) is 4.66. The molecule has 0 bridgehead atoms. The lowest BCUT2D eigenvalue weighted by Gasteiger charge is -1.95. The first-order chi connectivity index (χ1) is 4.83. The van der Waals surface area contributed by atoms with E-state index in [-0.39, 0.29) is 0 Å². The topological polar surface area (TPSA) is 0 Å². The van der Waals surface area contributed by atoms with Gasteiger partial charge in [0.2, 0.25) is 0 Å². The van der Waals surface area contributed by atoms with Gasteiger partial charge in [0.15, 0.2) is 0 Å². The molecule has 0 spiro atoms. The second-order valence-corrected chi connectivity index (χ2v) is 3.80. The minimum atomic E-state index is 1.02. The summed E-state index contributed by atoms with van der Waals surface area (Å²) in [6.07, 6.45) is 5.72. The molecule has 0 heterocycles. The number of rotatable bonds is 2. The lowest BCUT2D eigenvalue weighted by atomic mass is 10.1. The van der Waals surface area contributed by atoms with Crippen LogP contribution in [0.3, 0.4) is 0 Å². The zero-order valence-electron chi connectivity index (χ0n) is 6.98. The second-order valence-electron chi connectivity index (χ2n) is 3.80. The summed E-state index contributed by atoms with van der Waals surface area (Å²) in [4.78, 5) is 0. The van der Waals surface area contributed by atoms with E-state index in [2.05, 4.69) is 13.8 Å². The van der Waals surface area contributed by atoms with Gasteiger partial charge in [-0.2, -0.15) is 0 Å². The highest BCUT2D eigenvalue weighted by Gasteiger charge is 2.38. The third kappa shape index (κ3) is 1.00. The minimum Gasteiger partial charge on any atom is -0.0707 e. The Morgan fingerprint density at radius 2 is 2.20 bits per heavy atom. The number of hydrogen-bond acceptors (Lipinski definition) is 0. The number of allylic oxidation sites excluding steroid dienone is 2. The van der Waals surface area contributed by atoms with Crippen molar-refractivity contribution in [1.29, 1.82) is 0 Å². The van der Waals surface area contributed by atoms with E-state index in [1.54, 1.807) is 11.1 Å². The molecular formula is C10H16. The monoisotopic (exact) mass is 136 g/mol. The average molecular weight is 136 g/mol. The first-order valence-electron chi connectivity index (χ1n) is 4.51. The minimum absolute atomic E-state index is 1.02. The van der Waals surface area contributed by atoms with E-state index in [1.165, 1.54) is 25.7 Å². The number of hydrogen-bond donors (Lipinski definition) is 0. The molecule has 0 aromatic heterocycles. The Hall–Kier alpha value is -0.260. The molecule has 0 nitrogen and oxygen atoms in total. The van der Waals surface area contributed by atoms with E-state index in [0.717, 1.165) is 11.8 Å². The van der Waals surface area contributed by atoms with Crippen molar-refractivity contribution in [1.82, 2.24) is 0 Å². The van der Waals surface area contributed by atoms with Crippen molar-refractivity contribution in [3.05, 3.63) is 11.1 Å². The van der Waals surface area contributed by atoms with E-state index in [4.69, 9.17) is 0 Å². The van der Waals surface area contributed by atoms with Crippen LogP contribution in [0.5, 0.6) is 0 Å². The van der Waals surface area contributed by atoms with Crippen LogP contribution in [0.2, 0.25) is 0 Å². The standard InChI is InChI=1S/C10H16/c1-3-8-6-10(8)7(2)9-4-5-9/h8,10H,3-6H2,1-2H3. The molecule has 0 N–H and O–H groups in total. The normalized spacial score (nSPS) is 36.0. The fourth-order valence-electron chi connectivity index (χ4n) is 1.95. The molecule has 56 valence electrons. The third-order valence-electron chi connectivity index (χ3n) is 3.06. The molecule has 2 atom stereocenters. The van der Waals surface area contributed by atoms with Crippen LogP contribution >= 0.6 is 0 Å². The first-order valence-corrected chi connectivity index (χ1v) is 4.51. The van der Waals surface area contributed by atoms with E-state index >= 15 is 0 Å². The molecule has 0 amide bonds. The van der Waals surface area contributed by atoms with Crippen LogP contribution in [0.4, 0.5) is 0 Å². The van der Waals surface area contributed by atoms with Gasteiger partial charge in [-0.05, 0) is 38.0 Å². The summed E-state index contributed by atoms with van der Waals surface area (Å²) < 4.78 is 0. The molecule has 0 heteroatoms. The van der Waals surface area contributed by atoms with Crippen LogP contribution < -0.4 is 0 Å². The summed E-state index contributed by atoms with van der Waals surface area (Å²) >= 11 is 0. The maximum atomic E-state index is 2.35. The van der Waals surface area contributed by atoms with E-state index < -0.39 is 0 Å². The highest BCUT2D eigenvalue weighted by molar-refractivity contribution is 5.28. The summed E-state index contributed by atoms with van der Waals surface area (Å²) in [6, 6.07) is 0. The highest BCUT2D eigenvalue weighted by Crippen LogP contribution is 2.50. The molecule has 2 fully saturated rings. The van der Waals surface area contributed by atoms with Crippen molar-refractivity contribution in [2.45, 2.75) is 39.5 Å². The maximum Gasteiger partial charge on any atom is -0.0172 e. The molecule has 0 radical (unpaired) electrons. The molecule has 0 aromatic carbocycles. The van der Waals surface area contributed by atoms with Gasteiger partial charge in [-0.3, -0.25) is 0 Å². The summed E-state index contributed by atoms with van der Waals surface area (Å²) in [5, 5.41) is 0. The van der Waals surface area contributed by atoms with Crippen molar-refractivity contribution in [2.24, 2.45) is 11.8 Å². The Kier molecular flexibility index (Phi) is 1.36. The average Bonchev–Trinajstić information content (AvgIpc) is 2.83. The lowest BCUT2D eigenvalue weighted by molar-refractivity contribution is 0.735. The van der Waals surface area contributed by atoms with E-state index in [9.17, 15) is 0 Å². The van der Waals surface area contributed by atoms with Crippen LogP contribution in [0.1, 0.15) is 39.5 Å². The van der Waals surface area contributed by atoms with Crippen LogP contribution in [-0.4, -0.2) is 0 Å². The van der Waals surface area contributed by atoms with Gasteiger partial charge in [0, 0.05) is 0 Å². The lowest BCUT2D eigenvalue weighted by Crippen LogP contribution is -1.82. The summed E-state index contributed by atoms with van der Waals surface area (Å²) in [7, 11) is 0. The molecule has 2 aliphatic carbocycles. The van der Waals surface area contributed by atoms with Crippen molar-refractivity contribution < 1.29 is 0 Å². The molecule has 2 unspecified atom stereocenters. The van der Waals surface area contributed by atoms with E-state index in [1.807, 2.05) is 0 Å². The van der Waals surface area contributed by atoms with Crippen molar-refractivity contribution in [2.75, 3.05) is 0 Å². The molecule has 2 aliphatic rings. The molecule has 2 rings (SSSR count). The molecule has 0 aromatic rings. The van der Waals surface area contributed by atoms with Gasteiger partial charge < -0.3 is 0 Å². The van der Waals surface area contributed by atoms with Gasteiger partial charge in [0.05, 0.1) is 0 Å². The molecule has 0 aliphatic heterocycles. The Labute approximate surface area is 63.3 Å². The zero-order chi connectivity index (χ0) is 7.14. The molecule has 2 saturated carbocycles. The van der Waals surface area contributed by atoms with E-state index in [0.29, 0.717) is 0 Å². The molecule has 0 saturated heterocycles. The van der Waals surface area contributed by atoms with Gasteiger partial charge in [0.1, 0.15) is 0 Å². The zero-order valence-corrected chi connectivity index (χ0v) is 6.98. The Morgan fingerprint density at radius 1 is 1.50 bits per heavy atom. The smallest absolute Gasteiger partial charge is 0.0172 e. The predicted molar refractivity (Wildman–Crippen MR) is 43.8 cm³/mol. The van der Waals surface area contributed by atoms with Crippen LogP contribution in [-0.2, 0) is 0 Å². The predicted octanol–water partition coefficient (Wildman–Crippen LogP) is 3.14. The van der Waals surface area contributed by atoms with Gasteiger partial charge in [0.25, 0.3) is 0 Å². The third-order valence-corrected chi connectivity index (χ3v) is 3.06. The SMILES string of the molecule is CCC1CC1C(C)=C1CC1. The Morgan fingerprint density at radius 3 is 2.60 bits per heavy atom. The van der Waals surface area contributed by atoms with Gasteiger partial charge >= 0.3 is 0 Å².